The molecular formula is C37H44N4O2. The molecule has 1 unspecified atom stereocenters. The van der Waals surface area contributed by atoms with Gasteiger partial charge in [0.25, 0.3) is 5.91 Å². The van der Waals surface area contributed by atoms with Gasteiger partial charge in [-0.25, -0.2) is 0 Å². The van der Waals surface area contributed by atoms with Gasteiger partial charge in [-0.15, -0.1) is 0 Å². The Labute approximate surface area is 256 Å². The molecule has 1 heterocycles. The first kappa shape index (κ1) is 31.7. The fourth-order valence-corrected chi connectivity index (χ4v) is 5.48. The Morgan fingerprint density at radius 3 is 2.33 bits per heavy atom. The van der Waals surface area contributed by atoms with Crippen molar-refractivity contribution >= 4 is 23.6 Å². The predicted octanol–water partition coefficient (Wildman–Crippen LogP) is 6.74. The van der Waals surface area contributed by atoms with E-state index in [1.807, 2.05) is 85.9 Å². The Balaban J connectivity index is 0.000000996. The number of amides is 1. The molecular weight excluding hydrogens is 532 g/mol. The Kier molecular flexibility index (Phi) is 12.1. The molecule has 0 bridgehead atoms. The SMILES string of the molecule is CCNC.CN(c1ccc(NC(=O)c2ccccc2-c2ccccc2)cc1)C1CCN(C(C=O)C2=CCC=CC=C2)CC1. The zero-order valence-electron chi connectivity index (χ0n) is 25.6. The molecule has 1 aliphatic carbocycles. The second-order valence-electron chi connectivity index (χ2n) is 10.8. The summed E-state index contributed by atoms with van der Waals surface area (Å²) in [5, 5.41) is 5.99. The van der Waals surface area contributed by atoms with Crippen molar-refractivity contribution in [3.05, 3.63) is 120 Å². The minimum Gasteiger partial charge on any atom is -0.372 e. The molecule has 0 aromatic heterocycles. The first-order valence-corrected chi connectivity index (χ1v) is 15.2. The number of nitrogens with one attached hydrogen (secondary N) is 2. The van der Waals surface area contributed by atoms with Gasteiger partial charge in [0.05, 0.1) is 6.04 Å². The number of anilines is 2. The van der Waals surface area contributed by atoms with Crippen molar-refractivity contribution in [3.8, 4) is 11.1 Å². The highest BCUT2D eigenvalue weighted by Crippen LogP contribution is 2.27. The topological polar surface area (TPSA) is 64.7 Å². The number of allylic oxidation sites excluding steroid dienone is 4. The van der Waals surface area contributed by atoms with Crippen LogP contribution in [0.2, 0.25) is 0 Å². The van der Waals surface area contributed by atoms with E-state index in [4.69, 9.17) is 0 Å². The smallest absolute Gasteiger partial charge is 0.256 e. The van der Waals surface area contributed by atoms with E-state index in [2.05, 4.69) is 64.8 Å². The van der Waals surface area contributed by atoms with Crippen LogP contribution in [0.4, 0.5) is 11.4 Å². The lowest BCUT2D eigenvalue weighted by molar-refractivity contribution is -0.111. The quantitative estimate of drug-likeness (QED) is 0.276. The van der Waals surface area contributed by atoms with Crippen molar-refractivity contribution in [2.75, 3.05) is 43.9 Å². The maximum Gasteiger partial charge on any atom is 0.256 e. The van der Waals surface area contributed by atoms with Gasteiger partial charge in [-0.1, -0.05) is 85.8 Å². The van der Waals surface area contributed by atoms with Crippen LogP contribution in [-0.2, 0) is 4.79 Å². The lowest BCUT2D eigenvalue weighted by atomic mass is 9.98. The molecule has 1 saturated heterocycles. The van der Waals surface area contributed by atoms with E-state index in [1.54, 1.807) is 0 Å². The number of likely N-dealkylation sites (tertiary alicyclic amines) is 1. The summed E-state index contributed by atoms with van der Waals surface area (Å²) in [5.74, 6) is -0.123. The Morgan fingerprint density at radius 2 is 1.65 bits per heavy atom. The first-order chi connectivity index (χ1) is 21.0. The van der Waals surface area contributed by atoms with Crippen molar-refractivity contribution < 1.29 is 9.59 Å². The second kappa shape index (κ2) is 16.4. The highest BCUT2D eigenvalue weighted by atomic mass is 16.1. The minimum atomic E-state index is -0.178. The average molecular weight is 577 g/mol. The molecule has 1 amide bonds. The summed E-state index contributed by atoms with van der Waals surface area (Å²) in [6.07, 6.45) is 14.3. The van der Waals surface area contributed by atoms with Gasteiger partial charge < -0.3 is 20.3 Å². The van der Waals surface area contributed by atoms with Crippen molar-refractivity contribution in [3.63, 3.8) is 0 Å². The van der Waals surface area contributed by atoms with Crippen LogP contribution < -0.4 is 15.5 Å². The molecule has 2 N–H and O–H groups in total. The van der Waals surface area contributed by atoms with Crippen LogP contribution in [0.1, 0.15) is 36.5 Å². The molecule has 0 saturated carbocycles. The maximum absolute atomic E-state index is 13.2. The summed E-state index contributed by atoms with van der Waals surface area (Å²) in [5.41, 5.74) is 5.55. The Bertz CT molecular complexity index is 1400. The summed E-state index contributed by atoms with van der Waals surface area (Å²) in [6.45, 7) is 4.90. The van der Waals surface area contributed by atoms with Crippen LogP contribution in [0.25, 0.3) is 11.1 Å². The number of carbonyl (C=O) groups excluding carboxylic acids is 2. The first-order valence-electron chi connectivity index (χ1n) is 15.2. The third-order valence-electron chi connectivity index (χ3n) is 8.08. The number of benzene rings is 3. The van der Waals surface area contributed by atoms with E-state index in [9.17, 15) is 9.59 Å². The molecule has 0 radical (unpaired) electrons. The number of carbonyl (C=O) groups is 2. The van der Waals surface area contributed by atoms with Crippen LogP contribution >= 0.6 is 0 Å². The number of nitrogens with zero attached hydrogens (tertiary/aromatic N) is 2. The molecule has 1 aliphatic heterocycles. The van der Waals surface area contributed by atoms with Gasteiger partial charge in [-0.3, -0.25) is 9.69 Å². The molecule has 1 fully saturated rings. The molecule has 3 aromatic rings. The third-order valence-corrected chi connectivity index (χ3v) is 8.08. The van der Waals surface area contributed by atoms with Gasteiger partial charge in [0.2, 0.25) is 0 Å². The van der Waals surface area contributed by atoms with E-state index in [1.165, 1.54) is 0 Å². The largest absolute Gasteiger partial charge is 0.372 e. The van der Waals surface area contributed by atoms with Crippen LogP contribution in [0.15, 0.2) is 115 Å². The number of piperidine rings is 1. The summed E-state index contributed by atoms with van der Waals surface area (Å²) in [7, 11) is 4.06. The second-order valence-corrected chi connectivity index (χ2v) is 10.8. The zero-order chi connectivity index (χ0) is 30.4. The number of hydrogen-bond acceptors (Lipinski definition) is 5. The number of aldehydes is 1. The lowest BCUT2D eigenvalue weighted by Gasteiger charge is -2.40. The van der Waals surface area contributed by atoms with E-state index in [0.717, 1.165) is 73.3 Å². The van der Waals surface area contributed by atoms with Gasteiger partial charge in [-0.05, 0) is 79.9 Å². The fourth-order valence-electron chi connectivity index (χ4n) is 5.48. The normalized spacial score (nSPS) is 15.8. The molecule has 43 heavy (non-hydrogen) atoms. The van der Waals surface area contributed by atoms with E-state index >= 15 is 0 Å². The Morgan fingerprint density at radius 1 is 0.977 bits per heavy atom. The van der Waals surface area contributed by atoms with Gasteiger partial charge in [-0.2, -0.15) is 0 Å². The van der Waals surface area contributed by atoms with Crippen molar-refractivity contribution in [1.82, 2.24) is 10.2 Å². The summed E-state index contributed by atoms with van der Waals surface area (Å²) >= 11 is 0. The summed E-state index contributed by atoms with van der Waals surface area (Å²) < 4.78 is 0. The molecule has 224 valence electrons. The van der Waals surface area contributed by atoms with Crippen LogP contribution in [0.3, 0.4) is 0 Å². The molecule has 6 heteroatoms. The standard InChI is InChI=1S/C34H35N3O2.C3H9N/c1-36(30-21-23-37(24-22-30)33(25-38)27-13-5-2-3-6-14-27)29-19-17-28(18-20-29)35-34(39)32-16-10-9-15-31(32)26-11-7-4-8-12-26;1-3-4-2/h2-5,7-20,25,30,33H,6,21-24H2,1H3,(H,35,39);4H,3H2,1-2H3. The Hall–Kier alpha value is -4.26. The van der Waals surface area contributed by atoms with E-state index in [-0.39, 0.29) is 11.9 Å². The van der Waals surface area contributed by atoms with Crippen LogP contribution in [0.5, 0.6) is 0 Å². The average Bonchev–Trinajstić information content (AvgIpc) is 3.35. The minimum absolute atomic E-state index is 0.123. The van der Waals surface area contributed by atoms with Crippen molar-refractivity contribution in [2.45, 2.75) is 38.3 Å². The molecule has 3 aromatic carbocycles. The predicted molar refractivity (Wildman–Crippen MR) is 180 cm³/mol. The molecule has 0 spiro atoms. The fraction of sp³-hybridized carbons (Fsp3) is 0.297. The monoisotopic (exact) mass is 576 g/mol. The molecule has 1 atom stereocenters. The van der Waals surface area contributed by atoms with Gasteiger partial charge >= 0.3 is 0 Å². The molecule has 2 aliphatic rings. The van der Waals surface area contributed by atoms with Gasteiger partial charge in [0.15, 0.2) is 0 Å². The lowest BCUT2D eigenvalue weighted by Crippen LogP contribution is -2.48. The molecule has 5 rings (SSSR count). The van der Waals surface area contributed by atoms with Crippen LogP contribution in [0, 0.1) is 0 Å². The van der Waals surface area contributed by atoms with Crippen molar-refractivity contribution in [1.29, 1.82) is 0 Å². The van der Waals surface area contributed by atoms with Gasteiger partial charge in [0.1, 0.15) is 6.29 Å². The zero-order valence-corrected chi connectivity index (χ0v) is 25.6. The van der Waals surface area contributed by atoms with Crippen molar-refractivity contribution in [2.24, 2.45) is 0 Å². The highest BCUT2D eigenvalue weighted by molar-refractivity contribution is 6.08. The van der Waals surface area contributed by atoms with Crippen LogP contribution in [-0.4, -0.2) is 62.9 Å². The molecule has 6 nitrogen and oxygen atoms in total. The summed E-state index contributed by atoms with van der Waals surface area (Å²) in [6, 6.07) is 25.9. The summed E-state index contributed by atoms with van der Waals surface area (Å²) in [4.78, 5) is 29.7. The highest BCUT2D eigenvalue weighted by Gasteiger charge is 2.28. The maximum atomic E-state index is 13.2. The van der Waals surface area contributed by atoms with E-state index in [0.29, 0.717) is 11.6 Å². The third kappa shape index (κ3) is 8.63. The van der Waals surface area contributed by atoms with Gasteiger partial charge in [0, 0.05) is 43.1 Å². The number of hydrogen-bond donors (Lipinski definition) is 2. The number of rotatable bonds is 9. The van der Waals surface area contributed by atoms with E-state index < -0.39 is 0 Å².